The number of aryl methyl sites for hydroxylation is 1. The van der Waals surface area contributed by atoms with Crippen LogP contribution < -0.4 is 25.4 Å². The second kappa shape index (κ2) is 12.3. The molecule has 0 aliphatic carbocycles. The molecule has 3 rings (SSSR count). The van der Waals surface area contributed by atoms with Crippen LogP contribution in [0.5, 0.6) is 11.5 Å². The molecule has 0 bridgehead atoms. The normalized spacial score (nSPS) is 10.6. The summed E-state index contributed by atoms with van der Waals surface area (Å²) in [6.45, 7) is 5.94. The average Bonchev–Trinajstić information content (AvgIpc) is 2.84. The standard InChI is InChI=1S/C27H30BrN3O4/c1-17(2)27(33)31-21-11-9-19(10-12-21)29-15-22-23(28)13-14-24(34-4)26(22)35-16-25(32)30-20-7-5-18(3)6-8-20/h5-14,17,29H,15-16H2,1-4H3,(H,30,32)(H,31,33). The highest BCUT2D eigenvalue weighted by Gasteiger charge is 2.16. The molecule has 0 aliphatic rings. The molecule has 0 saturated heterocycles. The molecule has 0 radical (unpaired) electrons. The van der Waals surface area contributed by atoms with Gasteiger partial charge in [0.15, 0.2) is 18.1 Å². The lowest BCUT2D eigenvalue weighted by Crippen LogP contribution is -2.21. The van der Waals surface area contributed by atoms with Gasteiger partial charge in [0.25, 0.3) is 5.91 Å². The van der Waals surface area contributed by atoms with Gasteiger partial charge in [-0.1, -0.05) is 47.5 Å². The summed E-state index contributed by atoms with van der Waals surface area (Å²) in [5.41, 5.74) is 4.24. The predicted molar refractivity (Wildman–Crippen MR) is 143 cm³/mol. The molecule has 0 unspecified atom stereocenters. The van der Waals surface area contributed by atoms with E-state index >= 15 is 0 Å². The molecule has 0 aliphatic heterocycles. The van der Waals surface area contributed by atoms with Crippen LogP contribution in [0.3, 0.4) is 0 Å². The SMILES string of the molecule is COc1ccc(Br)c(CNc2ccc(NC(=O)C(C)C)cc2)c1OCC(=O)Nc1ccc(C)cc1. The quantitative estimate of drug-likeness (QED) is 0.294. The molecule has 3 aromatic rings. The van der Waals surface area contributed by atoms with Crippen LogP contribution in [-0.4, -0.2) is 25.5 Å². The number of anilines is 3. The van der Waals surface area contributed by atoms with Gasteiger partial charge >= 0.3 is 0 Å². The smallest absolute Gasteiger partial charge is 0.262 e. The van der Waals surface area contributed by atoms with Crippen LogP contribution in [0.1, 0.15) is 25.0 Å². The van der Waals surface area contributed by atoms with Crippen molar-refractivity contribution in [1.29, 1.82) is 0 Å². The maximum absolute atomic E-state index is 12.5. The molecule has 0 heterocycles. The van der Waals surface area contributed by atoms with Crippen molar-refractivity contribution in [1.82, 2.24) is 0 Å². The molecule has 0 atom stereocenters. The number of hydrogen-bond acceptors (Lipinski definition) is 5. The van der Waals surface area contributed by atoms with Crippen molar-refractivity contribution in [2.24, 2.45) is 5.92 Å². The van der Waals surface area contributed by atoms with E-state index in [4.69, 9.17) is 9.47 Å². The third-order valence-electron chi connectivity index (χ3n) is 5.22. The Morgan fingerprint density at radius 2 is 1.49 bits per heavy atom. The molecule has 35 heavy (non-hydrogen) atoms. The molecule has 0 saturated carbocycles. The van der Waals surface area contributed by atoms with Crippen molar-refractivity contribution >= 4 is 44.8 Å². The molecule has 184 valence electrons. The first-order chi connectivity index (χ1) is 16.8. The maximum atomic E-state index is 12.5. The van der Waals surface area contributed by atoms with Crippen molar-refractivity contribution in [3.05, 3.63) is 76.3 Å². The van der Waals surface area contributed by atoms with Crippen LogP contribution >= 0.6 is 15.9 Å². The zero-order valence-corrected chi connectivity index (χ0v) is 21.9. The van der Waals surface area contributed by atoms with E-state index in [2.05, 4.69) is 31.9 Å². The van der Waals surface area contributed by atoms with E-state index in [1.807, 2.05) is 75.4 Å². The number of methoxy groups -OCH3 is 1. The van der Waals surface area contributed by atoms with Gasteiger partial charge in [0.2, 0.25) is 5.91 Å². The summed E-state index contributed by atoms with van der Waals surface area (Å²) < 4.78 is 12.2. The van der Waals surface area contributed by atoms with Crippen molar-refractivity contribution < 1.29 is 19.1 Å². The predicted octanol–water partition coefficient (Wildman–Crippen LogP) is 5.99. The second-order valence-electron chi connectivity index (χ2n) is 8.34. The van der Waals surface area contributed by atoms with E-state index in [9.17, 15) is 9.59 Å². The second-order valence-corrected chi connectivity index (χ2v) is 9.19. The fraction of sp³-hybridized carbons (Fsp3) is 0.259. The summed E-state index contributed by atoms with van der Waals surface area (Å²) in [5.74, 6) is 0.623. The molecule has 0 fully saturated rings. The molecule has 8 heteroatoms. The lowest BCUT2D eigenvalue weighted by Gasteiger charge is -2.17. The highest BCUT2D eigenvalue weighted by molar-refractivity contribution is 9.10. The molecule has 0 aromatic heterocycles. The third-order valence-corrected chi connectivity index (χ3v) is 5.96. The molecule has 0 spiro atoms. The Bertz CT molecular complexity index is 1160. The van der Waals surface area contributed by atoms with Gasteiger partial charge in [-0.25, -0.2) is 0 Å². The van der Waals surface area contributed by atoms with Gasteiger partial charge in [0.05, 0.1) is 7.11 Å². The fourth-order valence-electron chi connectivity index (χ4n) is 3.19. The first-order valence-corrected chi connectivity index (χ1v) is 12.1. The van der Waals surface area contributed by atoms with Gasteiger partial charge in [0.1, 0.15) is 0 Å². The average molecular weight is 540 g/mol. The molecule has 3 aromatic carbocycles. The number of rotatable bonds is 10. The number of ether oxygens (including phenoxy) is 2. The van der Waals surface area contributed by atoms with Gasteiger partial charge in [-0.05, 0) is 55.5 Å². The molecule has 3 N–H and O–H groups in total. The van der Waals surface area contributed by atoms with Crippen LogP contribution in [-0.2, 0) is 16.1 Å². The molecular weight excluding hydrogens is 510 g/mol. The number of nitrogens with one attached hydrogen (secondary N) is 3. The zero-order chi connectivity index (χ0) is 25.4. The highest BCUT2D eigenvalue weighted by Crippen LogP contribution is 2.37. The van der Waals surface area contributed by atoms with Gasteiger partial charge in [-0.2, -0.15) is 0 Å². The Labute approximate surface area is 214 Å². The number of halogens is 1. The Morgan fingerprint density at radius 3 is 2.11 bits per heavy atom. The minimum Gasteiger partial charge on any atom is -0.493 e. The number of benzene rings is 3. The molecule has 7 nitrogen and oxygen atoms in total. The minimum atomic E-state index is -0.270. The van der Waals surface area contributed by atoms with Gasteiger partial charge in [-0.3, -0.25) is 9.59 Å². The van der Waals surface area contributed by atoms with Crippen LogP contribution in [0.25, 0.3) is 0 Å². The summed E-state index contributed by atoms with van der Waals surface area (Å²) >= 11 is 3.58. The molecule has 2 amide bonds. The van der Waals surface area contributed by atoms with Gasteiger partial charge in [0, 0.05) is 39.6 Å². The maximum Gasteiger partial charge on any atom is 0.262 e. The van der Waals surface area contributed by atoms with Crippen LogP contribution in [0.2, 0.25) is 0 Å². The van der Waals surface area contributed by atoms with Crippen molar-refractivity contribution in [2.75, 3.05) is 29.7 Å². The number of amides is 2. The Balaban J connectivity index is 1.67. The van der Waals surface area contributed by atoms with E-state index in [1.54, 1.807) is 13.2 Å². The summed E-state index contributed by atoms with van der Waals surface area (Å²) in [5, 5.41) is 9.06. The highest BCUT2D eigenvalue weighted by atomic mass is 79.9. The fourth-order valence-corrected chi connectivity index (χ4v) is 3.64. The van der Waals surface area contributed by atoms with Gasteiger partial charge < -0.3 is 25.4 Å². The number of hydrogen-bond donors (Lipinski definition) is 3. The van der Waals surface area contributed by atoms with E-state index in [-0.39, 0.29) is 24.3 Å². The van der Waals surface area contributed by atoms with Crippen LogP contribution in [0.15, 0.2) is 65.1 Å². The number of carbonyl (C=O) groups is 2. The Hall–Kier alpha value is -3.52. The van der Waals surface area contributed by atoms with E-state index in [0.717, 1.165) is 27.0 Å². The largest absolute Gasteiger partial charge is 0.493 e. The Morgan fingerprint density at radius 1 is 0.886 bits per heavy atom. The topological polar surface area (TPSA) is 88.7 Å². The first-order valence-electron chi connectivity index (χ1n) is 11.3. The lowest BCUT2D eigenvalue weighted by atomic mass is 10.1. The van der Waals surface area contributed by atoms with Crippen LogP contribution in [0, 0.1) is 12.8 Å². The lowest BCUT2D eigenvalue weighted by molar-refractivity contribution is -0.119. The van der Waals surface area contributed by atoms with Crippen LogP contribution in [0.4, 0.5) is 17.1 Å². The number of carbonyl (C=O) groups excluding carboxylic acids is 2. The van der Waals surface area contributed by atoms with E-state index in [1.165, 1.54) is 0 Å². The monoisotopic (exact) mass is 539 g/mol. The zero-order valence-electron chi connectivity index (χ0n) is 20.3. The summed E-state index contributed by atoms with van der Waals surface area (Å²) in [6.07, 6.45) is 0. The summed E-state index contributed by atoms with van der Waals surface area (Å²) in [4.78, 5) is 24.3. The van der Waals surface area contributed by atoms with E-state index < -0.39 is 0 Å². The van der Waals surface area contributed by atoms with Gasteiger partial charge in [-0.15, -0.1) is 0 Å². The van der Waals surface area contributed by atoms with Crippen molar-refractivity contribution in [2.45, 2.75) is 27.3 Å². The third kappa shape index (κ3) is 7.48. The minimum absolute atomic E-state index is 0.0285. The van der Waals surface area contributed by atoms with Crippen molar-refractivity contribution in [3.63, 3.8) is 0 Å². The molecular formula is C27H30BrN3O4. The van der Waals surface area contributed by atoms with Crippen molar-refractivity contribution in [3.8, 4) is 11.5 Å². The Kier molecular flexibility index (Phi) is 9.14. The van der Waals surface area contributed by atoms with E-state index in [0.29, 0.717) is 23.7 Å². The summed E-state index contributed by atoms with van der Waals surface area (Å²) in [6, 6.07) is 18.7. The summed E-state index contributed by atoms with van der Waals surface area (Å²) in [7, 11) is 1.56. The first kappa shape index (κ1) is 26.1.